The molecule has 1 aliphatic heterocycles. The first-order chi connectivity index (χ1) is 17.2. The van der Waals surface area contributed by atoms with Crippen LogP contribution >= 0.6 is 0 Å². The second-order valence-corrected chi connectivity index (χ2v) is 8.08. The molecule has 0 atom stereocenters. The topological polar surface area (TPSA) is 113 Å². The second kappa shape index (κ2) is 10.9. The molecule has 1 fully saturated rings. The number of pyridine rings is 1. The number of nitrogens with one attached hydrogen (secondary N) is 1. The molecular formula is C23H25F3N6O4. The number of hydrogen-bond donors (Lipinski definition) is 2. The van der Waals surface area contributed by atoms with Crippen molar-refractivity contribution in [1.82, 2.24) is 19.9 Å². The van der Waals surface area contributed by atoms with E-state index in [9.17, 15) is 18.0 Å². The highest BCUT2D eigenvalue weighted by atomic mass is 19.4. The van der Waals surface area contributed by atoms with Gasteiger partial charge in [0.05, 0.1) is 17.8 Å². The lowest BCUT2D eigenvalue weighted by Crippen LogP contribution is -2.47. The molecule has 0 bridgehead atoms. The lowest BCUT2D eigenvalue weighted by atomic mass is 10.3. The Morgan fingerprint density at radius 3 is 2.39 bits per heavy atom. The highest BCUT2D eigenvalue weighted by Gasteiger charge is 2.31. The zero-order chi connectivity index (χ0) is 25.7. The van der Waals surface area contributed by atoms with Gasteiger partial charge in [-0.3, -0.25) is 9.69 Å². The molecule has 0 unspecified atom stereocenters. The van der Waals surface area contributed by atoms with Gasteiger partial charge in [0.2, 0.25) is 5.95 Å². The molecule has 0 radical (unpaired) electrons. The summed E-state index contributed by atoms with van der Waals surface area (Å²) in [5.74, 6) is 0.238. The SMILES string of the molecule is Cc1nc(N2CCN(CCO)CC2)nc2ccc(NC(=O)COc3ccc(OC(F)(F)F)cc3)nc12. The number of carbonyl (C=O) groups excluding carboxylic acids is 1. The van der Waals surface area contributed by atoms with E-state index in [0.717, 1.165) is 38.3 Å². The molecule has 1 aliphatic rings. The van der Waals surface area contributed by atoms with Crippen LogP contribution in [0.5, 0.6) is 11.5 Å². The number of aliphatic hydroxyl groups is 1. The minimum Gasteiger partial charge on any atom is -0.484 e. The van der Waals surface area contributed by atoms with E-state index < -0.39 is 12.3 Å². The van der Waals surface area contributed by atoms with E-state index >= 15 is 0 Å². The van der Waals surface area contributed by atoms with Crippen LogP contribution < -0.4 is 19.7 Å². The summed E-state index contributed by atoms with van der Waals surface area (Å²) < 4.78 is 45.8. The van der Waals surface area contributed by atoms with Crippen molar-refractivity contribution in [1.29, 1.82) is 0 Å². The Kier molecular flexibility index (Phi) is 7.70. The molecule has 3 aromatic rings. The van der Waals surface area contributed by atoms with Crippen LogP contribution in [0.15, 0.2) is 36.4 Å². The van der Waals surface area contributed by atoms with Crippen LogP contribution in [0.25, 0.3) is 11.0 Å². The number of ether oxygens (including phenoxy) is 2. The van der Waals surface area contributed by atoms with Gasteiger partial charge in [-0.25, -0.2) is 15.0 Å². The summed E-state index contributed by atoms with van der Waals surface area (Å²) in [6.07, 6.45) is -4.78. The van der Waals surface area contributed by atoms with Gasteiger partial charge in [-0.2, -0.15) is 0 Å². The Labute approximate surface area is 204 Å². The van der Waals surface area contributed by atoms with E-state index in [1.807, 2.05) is 6.92 Å². The van der Waals surface area contributed by atoms with E-state index in [-0.39, 0.29) is 24.7 Å². The molecule has 0 aliphatic carbocycles. The van der Waals surface area contributed by atoms with Gasteiger partial charge >= 0.3 is 6.36 Å². The summed E-state index contributed by atoms with van der Waals surface area (Å²) in [5.41, 5.74) is 1.86. The number of β-amino-alcohol motifs (C(OH)–C–C–N with tert-alkyl or cyclic N) is 1. The van der Waals surface area contributed by atoms with Gasteiger partial charge in [-0.15, -0.1) is 13.2 Å². The van der Waals surface area contributed by atoms with Crippen molar-refractivity contribution in [2.24, 2.45) is 0 Å². The average molecular weight is 506 g/mol. The van der Waals surface area contributed by atoms with Crippen LogP contribution in [0.1, 0.15) is 5.69 Å². The molecule has 192 valence electrons. The fraction of sp³-hybridized carbons (Fsp3) is 0.391. The third-order valence-corrected chi connectivity index (χ3v) is 5.47. The normalized spacial score (nSPS) is 14.6. The zero-order valence-corrected chi connectivity index (χ0v) is 19.5. The molecule has 1 amide bonds. The fourth-order valence-corrected chi connectivity index (χ4v) is 3.73. The van der Waals surface area contributed by atoms with Gasteiger partial charge < -0.3 is 24.8 Å². The molecule has 1 saturated heterocycles. The van der Waals surface area contributed by atoms with Crippen LogP contribution in [-0.4, -0.2) is 83.2 Å². The molecule has 0 spiro atoms. The summed E-state index contributed by atoms with van der Waals surface area (Å²) in [6, 6.07) is 8.10. The molecule has 10 nitrogen and oxygen atoms in total. The number of amides is 1. The van der Waals surface area contributed by atoms with E-state index in [2.05, 4.69) is 34.8 Å². The van der Waals surface area contributed by atoms with Crippen molar-refractivity contribution in [3.05, 3.63) is 42.1 Å². The van der Waals surface area contributed by atoms with Crippen molar-refractivity contribution >= 4 is 28.7 Å². The molecular weight excluding hydrogens is 481 g/mol. The van der Waals surface area contributed by atoms with E-state index in [0.29, 0.717) is 35.0 Å². The summed E-state index contributed by atoms with van der Waals surface area (Å²) in [7, 11) is 0. The third kappa shape index (κ3) is 6.70. The number of benzene rings is 1. The number of piperazine rings is 1. The first kappa shape index (κ1) is 25.4. The van der Waals surface area contributed by atoms with E-state index in [1.54, 1.807) is 12.1 Å². The third-order valence-electron chi connectivity index (χ3n) is 5.47. The van der Waals surface area contributed by atoms with Gasteiger partial charge in [0.25, 0.3) is 5.91 Å². The maximum Gasteiger partial charge on any atom is 0.573 e. The number of aryl methyl sites for hydroxylation is 1. The first-order valence-electron chi connectivity index (χ1n) is 11.2. The zero-order valence-electron chi connectivity index (χ0n) is 19.5. The molecule has 2 N–H and O–H groups in total. The van der Waals surface area contributed by atoms with Gasteiger partial charge in [-0.05, 0) is 43.3 Å². The Balaban J connectivity index is 1.35. The van der Waals surface area contributed by atoms with E-state index in [1.165, 1.54) is 12.1 Å². The smallest absolute Gasteiger partial charge is 0.484 e. The first-order valence-corrected chi connectivity index (χ1v) is 11.2. The van der Waals surface area contributed by atoms with Crippen molar-refractivity contribution in [3.8, 4) is 11.5 Å². The summed E-state index contributed by atoms with van der Waals surface area (Å²) in [6.45, 7) is 5.39. The van der Waals surface area contributed by atoms with Crippen LogP contribution in [0, 0.1) is 6.92 Å². The van der Waals surface area contributed by atoms with Crippen molar-refractivity contribution in [3.63, 3.8) is 0 Å². The monoisotopic (exact) mass is 506 g/mol. The Morgan fingerprint density at radius 1 is 1.03 bits per heavy atom. The standard InChI is InChI=1S/C23H25F3N6O4/c1-15-21-18(28-22(27-15)32-10-8-31(9-11-32)12-13-33)6-7-19(30-21)29-20(34)14-35-16-2-4-17(5-3-16)36-23(24,25)26/h2-7,33H,8-14H2,1H3,(H,29,30,34). The molecule has 0 saturated carbocycles. The number of anilines is 2. The molecule has 2 aromatic heterocycles. The number of fused-ring (bicyclic) bond motifs is 1. The number of halogens is 3. The Morgan fingerprint density at radius 2 is 1.72 bits per heavy atom. The molecule has 1 aromatic carbocycles. The van der Waals surface area contributed by atoms with Crippen molar-refractivity contribution in [2.75, 3.05) is 56.2 Å². The molecule has 36 heavy (non-hydrogen) atoms. The number of aliphatic hydroxyl groups excluding tert-OH is 1. The number of rotatable bonds is 8. The van der Waals surface area contributed by atoms with Crippen molar-refractivity contribution in [2.45, 2.75) is 13.3 Å². The number of nitrogens with zero attached hydrogens (tertiary/aromatic N) is 5. The summed E-state index contributed by atoms with van der Waals surface area (Å²) in [4.78, 5) is 30.2. The van der Waals surface area contributed by atoms with Crippen LogP contribution in [-0.2, 0) is 4.79 Å². The molecule has 3 heterocycles. The lowest BCUT2D eigenvalue weighted by Gasteiger charge is -2.34. The minimum atomic E-state index is -4.78. The second-order valence-electron chi connectivity index (χ2n) is 8.08. The maximum absolute atomic E-state index is 12.3. The number of alkyl halides is 3. The van der Waals surface area contributed by atoms with Gasteiger partial charge in [0.15, 0.2) is 6.61 Å². The predicted octanol–water partition coefficient (Wildman–Crippen LogP) is 2.36. The fourth-order valence-electron chi connectivity index (χ4n) is 3.73. The van der Waals surface area contributed by atoms with Gasteiger partial charge in [0, 0.05) is 32.7 Å². The molecule has 13 heteroatoms. The largest absolute Gasteiger partial charge is 0.573 e. The highest BCUT2D eigenvalue weighted by molar-refractivity contribution is 5.92. The summed E-state index contributed by atoms with van der Waals surface area (Å²) >= 11 is 0. The van der Waals surface area contributed by atoms with Crippen LogP contribution in [0.3, 0.4) is 0 Å². The quantitative estimate of drug-likeness (QED) is 0.475. The van der Waals surface area contributed by atoms with E-state index in [4.69, 9.17) is 9.84 Å². The van der Waals surface area contributed by atoms with Gasteiger partial charge in [-0.1, -0.05) is 0 Å². The number of carbonyl (C=O) groups is 1. The Bertz CT molecular complexity index is 1200. The highest BCUT2D eigenvalue weighted by Crippen LogP contribution is 2.25. The average Bonchev–Trinajstić information content (AvgIpc) is 2.84. The van der Waals surface area contributed by atoms with Crippen LogP contribution in [0.2, 0.25) is 0 Å². The Hall–Kier alpha value is -3.71. The van der Waals surface area contributed by atoms with Crippen LogP contribution in [0.4, 0.5) is 24.9 Å². The number of aromatic nitrogens is 3. The number of hydrogen-bond acceptors (Lipinski definition) is 9. The minimum absolute atomic E-state index is 0.135. The maximum atomic E-state index is 12.3. The van der Waals surface area contributed by atoms with Crippen molar-refractivity contribution < 1.29 is 32.5 Å². The predicted molar refractivity (Wildman–Crippen MR) is 125 cm³/mol. The summed E-state index contributed by atoms with van der Waals surface area (Å²) in [5, 5.41) is 11.7. The molecule has 4 rings (SSSR count). The lowest BCUT2D eigenvalue weighted by molar-refractivity contribution is -0.274. The van der Waals surface area contributed by atoms with Gasteiger partial charge in [0.1, 0.15) is 22.8 Å².